The molecular weight excluding hydrogens is 430 g/mol. The monoisotopic (exact) mass is 460 g/mol. The fourth-order valence-corrected chi connectivity index (χ4v) is 4.71. The second-order valence-corrected chi connectivity index (χ2v) is 9.78. The lowest BCUT2D eigenvalue weighted by molar-refractivity contribution is -0.929. The van der Waals surface area contributed by atoms with Gasteiger partial charge in [0, 0.05) is 32.5 Å². The first kappa shape index (κ1) is 24.1. The first-order valence-corrected chi connectivity index (χ1v) is 11.0. The van der Waals surface area contributed by atoms with Gasteiger partial charge >= 0.3 is 6.09 Å². The lowest BCUT2D eigenvalue weighted by Crippen LogP contribution is -2.73. The Morgan fingerprint density at radius 1 is 1.22 bits per heavy atom. The van der Waals surface area contributed by atoms with Crippen LogP contribution in [0, 0.1) is 0 Å². The molecule has 0 aromatic carbocycles. The number of aromatic nitrogens is 2. The van der Waals surface area contributed by atoms with Crippen LogP contribution < -0.4 is 4.90 Å². The molecule has 3 heterocycles. The maximum atomic E-state index is 12.6. The SMILES string of the molecule is C[C@H]1CN(Cc2ccc(N(C)C(=O)c3ccc(Cl)nc3)nc2)CC[N+]1(C(=O)O)C(C)(C)C. The lowest BCUT2D eigenvalue weighted by atomic mass is 9.95. The number of pyridine rings is 2. The van der Waals surface area contributed by atoms with Gasteiger partial charge in [0.2, 0.25) is 0 Å². The third-order valence-corrected chi connectivity index (χ3v) is 6.64. The number of quaternary nitrogens is 1. The van der Waals surface area contributed by atoms with Crippen molar-refractivity contribution in [1.82, 2.24) is 14.9 Å². The van der Waals surface area contributed by atoms with Gasteiger partial charge in [0.05, 0.1) is 12.1 Å². The fourth-order valence-electron chi connectivity index (χ4n) is 4.60. The molecule has 1 N–H and O–H groups in total. The molecule has 3 rings (SSSR count). The average Bonchev–Trinajstić information content (AvgIpc) is 2.73. The molecule has 9 heteroatoms. The van der Waals surface area contributed by atoms with E-state index in [9.17, 15) is 14.7 Å². The normalized spacial score (nSPS) is 21.9. The van der Waals surface area contributed by atoms with Crippen LogP contribution in [-0.4, -0.2) is 74.7 Å². The number of carboxylic acid groups (broad SMARTS) is 1. The molecule has 0 bridgehead atoms. The molecule has 2 amide bonds. The van der Waals surface area contributed by atoms with Crippen LogP contribution in [0.4, 0.5) is 10.6 Å². The number of carbonyl (C=O) groups is 2. The van der Waals surface area contributed by atoms with Gasteiger partial charge in [-0.3, -0.25) is 14.6 Å². The highest BCUT2D eigenvalue weighted by molar-refractivity contribution is 6.29. The largest absolute Gasteiger partial charge is 0.514 e. The van der Waals surface area contributed by atoms with E-state index in [2.05, 4.69) is 14.9 Å². The van der Waals surface area contributed by atoms with Crippen molar-refractivity contribution in [2.45, 2.75) is 45.8 Å². The minimum Gasteiger partial charge on any atom is -0.435 e. The highest BCUT2D eigenvalue weighted by Crippen LogP contribution is 2.32. The van der Waals surface area contributed by atoms with Crippen LogP contribution in [0.25, 0.3) is 0 Å². The van der Waals surface area contributed by atoms with Crippen molar-refractivity contribution in [2.75, 3.05) is 31.6 Å². The molecule has 1 fully saturated rings. The number of nitrogens with zero attached hydrogens (tertiary/aromatic N) is 5. The molecule has 0 aliphatic carbocycles. The number of hydrogen-bond acceptors (Lipinski definition) is 5. The van der Waals surface area contributed by atoms with Crippen molar-refractivity contribution in [3.8, 4) is 0 Å². The lowest BCUT2D eigenvalue weighted by Gasteiger charge is -2.52. The van der Waals surface area contributed by atoms with E-state index in [1.807, 2.05) is 39.8 Å². The van der Waals surface area contributed by atoms with Gasteiger partial charge in [-0.25, -0.2) is 14.5 Å². The number of piperazine rings is 1. The first-order valence-electron chi connectivity index (χ1n) is 10.6. The van der Waals surface area contributed by atoms with Crippen molar-refractivity contribution in [1.29, 1.82) is 0 Å². The van der Waals surface area contributed by atoms with E-state index in [1.54, 1.807) is 25.4 Å². The fraction of sp³-hybridized carbons (Fsp3) is 0.478. The Bertz CT molecular complexity index is 975. The minimum absolute atomic E-state index is 0.0368. The Labute approximate surface area is 194 Å². The summed E-state index contributed by atoms with van der Waals surface area (Å²) in [7, 11) is 1.67. The summed E-state index contributed by atoms with van der Waals surface area (Å²) < 4.78 is 0.0626. The van der Waals surface area contributed by atoms with E-state index >= 15 is 0 Å². The van der Waals surface area contributed by atoms with Crippen LogP contribution in [0.5, 0.6) is 0 Å². The van der Waals surface area contributed by atoms with Gasteiger partial charge in [-0.1, -0.05) is 17.7 Å². The van der Waals surface area contributed by atoms with Gasteiger partial charge in [-0.15, -0.1) is 0 Å². The quantitative estimate of drug-likeness (QED) is 0.550. The molecule has 8 nitrogen and oxygen atoms in total. The maximum absolute atomic E-state index is 12.6. The Kier molecular flexibility index (Phi) is 6.88. The van der Waals surface area contributed by atoms with Crippen molar-refractivity contribution in [3.05, 3.63) is 52.9 Å². The molecule has 1 saturated heterocycles. The Morgan fingerprint density at radius 3 is 2.44 bits per heavy atom. The van der Waals surface area contributed by atoms with E-state index in [0.29, 0.717) is 42.7 Å². The zero-order valence-electron chi connectivity index (χ0n) is 19.2. The van der Waals surface area contributed by atoms with E-state index < -0.39 is 6.09 Å². The predicted octanol–water partition coefficient (Wildman–Crippen LogP) is 3.90. The van der Waals surface area contributed by atoms with Gasteiger partial charge in [0.15, 0.2) is 0 Å². The van der Waals surface area contributed by atoms with Crippen LogP contribution >= 0.6 is 11.6 Å². The summed E-state index contributed by atoms with van der Waals surface area (Å²) >= 11 is 5.79. The van der Waals surface area contributed by atoms with E-state index in [-0.39, 0.29) is 22.0 Å². The molecule has 1 unspecified atom stereocenters. The number of halogens is 1. The van der Waals surface area contributed by atoms with Gasteiger partial charge < -0.3 is 5.11 Å². The van der Waals surface area contributed by atoms with Crippen LogP contribution in [0.1, 0.15) is 43.6 Å². The first-order chi connectivity index (χ1) is 15.0. The second-order valence-electron chi connectivity index (χ2n) is 9.39. The minimum atomic E-state index is -0.765. The number of amides is 2. The van der Waals surface area contributed by atoms with Gasteiger partial charge in [-0.05, 0) is 51.5 Å². The molecule has 32 heavy (non-hydrogen) atoms. The summed E-state index contributed by atoms with van der Waals surface area (Å²) in [6.45, 7) is 10.6. The molecule has 0 radical (unpaired) electrons. The predicted molar refractivity (Wildman–Crippen MR) is 124 cm³/mol. The van der Waals surface area contributed by atoms with Crippen molar-refractivity contribution in [2.24, 2.45) is 0 Å². The van der Waals surface area contributed by atoms with Crippen LogP contribution in [0.3, 0.4) is 0 Å². The summed E-state index contributed by atoms with van der Waals surface area (Å²) in [5, 5.41) is 10.3. The number of carbonyl (C=O) groups excluding carboxylic acids is 1. The summed E-state index contributed by atoms with van der Waals surface area (Å²) in [6.07, 6.45) is 2.45. The smallest absolute Gasteiger partial charge is 0.435 e. The standard InChI is InChI=1S/C23H30ClN5O3/c1-16-14-28(10-11-29(16,22(31)32)23(2,3)4)15-17-6-9-20(26-12-17)27(5)21(30)18-7-8-19(24)25-13-18/h6-9,12-13,16H,10-11,14-15H2,1-5H3/p+1/t16-,29?/m0/s1. The zero-order chi connectivity index (χ0) is 23.7. The third-order valence-electron chi connectivity index (χ3n) is 6.42. The summed E-state index contributed by atoms with van der Waals surface area (Å²) in [6, 6.07) is 6.94. The Hall–Kier alpha value is -2.55. The Balaban J connectivity index is 1.66. The van der Waals surface area contributed by atoms with Gasteiger partial charge in [-0.2, -0.15) is 4.79 Å². The van der Waals surface area contributed by atoms with Crippen molar-refractivity contribution in [3.63, 3.8) is 0 Å². The zero-order valence-corrected chi connectivity index (χ0v) is 20.0. The molecule has 0 spiro atoms. The third kappa shape index (κ3) is 4.62. The molecular formula is C23H31ClN5O3+. The summed E-state index contributed by atoms with van der Waals surface area (Å²) in [5.74, 6) is 0.319. The molecule has 172 valence electrons. The van der Waals surface area contributed by atoms with E-state index in [1.165, 1.54) is 11.1 Å². The van der Waals surface area contributed by atoms with Crippen LogP contribution in [-0.2, 0) is 6.54 Å². The average molecular weight is 461 g/mol. The van der Waals surface area contributed by atoms with Crippen LogP contribution in [0.2, 0.25) is 5.15 Å². The van der Waals surface area contributed by atoms with E-state index in [4.69, 9.17) is 11.6 Å². The van der Waals surface area contributed by atoms with Gasteiger partial charge in [0.1, 0.15) is 29.1 Å². The summed E-state index contributed by atoms with van der Waals surface area (Å²) in [5.41, 5.74) is 1.07. The summed E-state index contributed by atoms with van der Waals surface area (Å²) in [4.78, 5) is 37.0. The highest BCUT2D eigenvalue weighted by Gasteiger charge is 2.54. The highest BCUT2D eigenvalue weighted by atomic mass is 35.5. The number of rotatable bonds is 4. The van der Waals surface area contributed by atoms with Crippen LogP contribution in [0.15, 0.2) is 36.7 Å². The number of anilines is 1. The Morgan fingerprint density at radius 2 is 1.94 bits per heavy atom. The molecule has 1 aliphatic rings. The maximum Gasteiger partial charge on any atom is 0.514 e. The second kappa shape index (κ2) is 9.13. The molecule has 0 saturated carbocycles. The molecule has 2 aromatic heterocycles. The molecule has 1 aliphatic heterocycles. The van der Waals surface area contributed by atoms with Gasteiger partial charge in [0.25, 0.3) is 5.91 Å². The molecule has 2 aromatic rings. The van der Waals surface area contributed by atoms with E-state index in [0.717, 1.165) is 5.56 Å². The van der Waals surface area contributed by atoms with Crippen molar-refractivity contribution >= 4 is 29.4 Å². The number of hydrogen-bond donors (Lipinski definition) is 1. The molecule has 2 atom stereocenters. The topological polar surface area (TPSA) is 86.6 Å². The van der Waals surface area contributed by atoms with Crippen molar-refractivity contribution < 1.29 is 19.2 Å².